The maximum Gasteiger partial charge on any atom is 0.247 e. The maximum atomic E-state index is 6.04. The molecule has 4 aliphatic carbocycles. The van der Waals surface area contributed by atoms with Crippen molar-refractivity contribution in [3.8, 4) is 11.5 Å². The van der Waals surface area contributed by atoms with Crippen LogP contribution in [0.2, 0.25) is 0 Å². The van der Waals surface area contributed by atoms with E-state index in [0.29, 0.717) is 10.6 Å². The molecular weight excluding hydrogens is 328 g/mol. The number of rotatable bonds is 4. The van der Waals surface area contributed by atoms with E-state index in [0.717, 1.165) is 29.2 Å². The molecule has 1 atom stereocenters. The third-order valence-corrected chi connectivity index (χ3v) is 8.05. The first-order valence-corrected chi connectivity index (χ1v) is 10.5. The molecule has 4 aliphatic rings. The fourth-order valence-electron chi connectivity index (χ4n) is 5.81. The van der Waals surface area contributed by atoms with Crippen LogP contribution in [0.5, 0.6) is 0 Å². The van der Waals surface area contributed by atoms with Gasteiger partial charge in [-0.15, -0.1) is 22.0 Å². The molecule has 4 bridgehead atoms. The Morgan fingerprint density at radius 2 is 1.60 bits per heavy atom. The summed E-state index contributed by atoms with van der Waals surface area (Å²) in [5.74, 6) is 4.38. The number of hydrogen-bond acceptors (Lipinski definition) is 4. The lowest BCUT2D eigenvalue weighted by Gasteiger charge is -2.56. The van der Waals surface area contributed by atoms with E-state index in [1.165, 1.54) is 44.1 Å². The van der Waals surface area contributed by atoms with Gasteiger partial charge in [-0.25, -0.2) is 0 Å². The van der Waals surface area contributed by atoms with Crippen molar-refractivity contribution in [1.82, 2.24) is 10.2 Å². The smallest absolute Gasteiger partial charge is 0.247 e. The molecule has 6 rings (SSSR count). The van der Waals surface area contributed by atoms with Gasteiger partial charge in [0.25, 0.3) is 0 Å². The molecule has 0 N–H and O–H groups in total. The number of thioether (sulfide) groups is 1. The standard InChI is InChI=1S/C21H26N2OS/c1-13-3-5-18(6-4-13)20-23-22-19(24-20)14(2)25-21-10-15-7-16(11-21)9-17(8-15)12-21/h3-6,14-17H,7-12H2,1-2H3/t14-,15?,16?,17?,21?/m0/s1. The minimum absolute atomic E-state index is 0.281. The third kappa shape index (κ3) is 2.92. The van der Waals surface area contributed by atoms with Crippen molar-refractivity contribution in [3.63, 3.8) is 0 Å². The van der Waals surface area contributed by atoms with E-state index in [9.17, 15) is 0 Å². The Hall–Kier alpha value is -1.29. The summed E-state index contributed by atoms with van der Waals surface area (Å²) in [7, 11) is 0. The number of benzene rings is 1. The molecule has 0 radical (unpaired) electrons. The van der Waals surface area contributed by atoms with Crippen LogP contribution in [-0.4, -0.2) is 14.9 Å². The first-order chi connectivity index (χ1) is 12.1. The van der Waals surface area contributed by atoms with Crippen LogP contribution in [0.3, 0.4) is 0 Å². The summed E-state index contributed by atoms with van der Waals surface area (Å²) < 4.78 is 6.52. The van der Waals surface area contributed by atoms with Gasteiger partial charge in [0.15, 0.2) is 0 Å². The Morgan fingerprint density at radius 3 is 2.20 bits per heavy atom. The van der Waals surface area contributed by atoms with E-state index in [4.69, 9.17) is 4.42 Å². The Kier molecular flexibility index (Phi) is 3.74. The van der Waals surface area contributed by atoms with E-state index >= 15 is 0 Å². The van der Waals surface area contributed by atoms with Crippen molar-refractivity contribution < 1.29 is 4.42 Å². The summed E-state index contributed by atoms with van der Waals surface area (Å²) in [6.45, 7) is 4.34. The zero-order chi connectivity index (χ0) is 17.0. The minimum Gasteiger partial charge on any atom is -0.420 e. The van der Waals surface area contributed by atoms with Gasteiger partial charge in [-0.05, 0) is 82.3 Å². The van der Waals surface area contributed by atoms with Crippen LogP contribution in [0.15, 0.2) is 28.7 Å². The van der Waals surface area contributed by atoms with E-state index in [2.05, 4.69) is 60.1 Å². The molecule has 4 fully saturated rings. The molecule has 4 saturated carbocycles. The topological polar surface area (TPSA) is 38.9 Å². The van der Waals surface area contributed by atoms with Gasteiger partial charge in [0.05, 0.1) is 5.25 Å². The minimum atomic E-state index is 0.281. The maximum absolute atomic E-state index is 6.04. The van der Waals surface area contributed by atoms with Gasteiger partial charge in [0.1, 0.15) is 0 Å². The number of nitrogens with zero attached hydrogens (tertiary/aromatic N) is 2. The molecule has 0 spiro atoms. The second-order valence-corrected chi connectivity index (χ2v) is 10.5. The zero-order valence-electron chi connectivity index (χ0n) is 15.1. The number of aromatic nitrogens is 2. The van der Waals surface area contributed by atoms with Crippen LogP contribution in [0, 0.1) is 24.7 Å². The summed E-state index contributed by atoms with van der Waals surface area (Å²) in [4.78, 5) is 0. The third-order valence-electron chi connectivity index (χ3n) is 6.50. The molecule has 1 heterocycles. The van der Waals surface area contributed by atoms with Crippen molar-refractivity contribution in [2.24, 2.45) is 17.8 Å². The van der Waals surface area contributed by atoms with Gasteiger partial charge in [-0.3, -0.25) is 0 Å². The molecule has 0 amide bonds. The molecule has 0 aliphatic heterocycles. The molecule has 132 valence electrons. The van der Waals surface area contributed by atoms with Crippen molar-refractivity contribution in [2.45, 2.75) is 62.4 Å². The summed E-state index contributed by atoms with van der Waals surface area (Å²) in [5, 5.41) is 8.96. The van der Waals surface area contributed by atoms with Crippen molar-refractivity contribution >= 4 is 11.8 Å². The molecule has 4 heteroatoms. The summed E-state index contributed by atoms with van der Waals surface area (Å²) in [5.41, 5.74) is 2.26. The van der Waals surface area contributed by atoms with Crippen LogP contribution < -0.4 is 0 Å². The summed E-state index contributed by atoms with van der Waals surface area (Å²) in [6.07, 6.45) is 8.71. The van der Waals surface area contributed by atoms with Gasteiger partial charge in [-0.2, -0.15) is 0 Å². The van der Waals surface area contributed by atoms with E-state index in [1.54, 1.807) is 0 Å². The van der Waals surface area contributed by atoms with Crippen molar-refractivity contribution in [1.29, 1.82) is 0 Å². The van der Waals surface area contributed by atoms with E-state index in [-0.39, 0.29) is 5.25 Å². The van der Waals surface area contributed by atoms with Gasteiger partial charge < -0.3 is 4.42 Å². The molecule has 1 aromatic heterocycles. The second-order valence-electron chi connectivity index (χ2n) is 8.67. The lowest BCUT2D eigenvalue weighted by Crippen LogP contribution is -2.48. The lowest BCUT2D eigenvalue weighted by atomic mass is 9.56. The van der Waals surface area contributed by atoms with Crippen LogP contribution in [0.25, 0.3) is 11.5 Å². The van der Waals surface area contributed by atoms with Crippen LogP contribution in [-0.2, 0) is 0 Å². The Bertz CT molecular complexity index is 731. The molecule has 3 nitrogen and oxygen atoms in total. The van der Waals surface area contributed by atoms with E-state index in [1.807, 2.05) is 0 Å². The van der Waals surface area contributed by atoms with E-state index < -0.39 is 0 Å². The Morgan fingerprint density at radius 1 is 1.00 bits per heavy atom. The highest BCUT2D eigenvalue weighted by Crippen LogP contribution is 2.62. The molecule has 0 unspecified atom stereocenters. The number of aryl methyl sites for hydroxylation is 1. The predicted molar refractivity (Wildman–Crippen MR) is 101 cm³/mol. The zero-order valence-corrected chi connectivity index (χ0v) is 15.9. The molecule has 25 heavy (non-hydrogen) atoms. The molecule has 2 aromatic rings. The molecule has 0 saturated heterocycles. The fraction of sp³-hybridized carbons (Fsp3) is 0.619. The fourth-order valence-corrected chi connectivity index (χ4v) is 7.75. The van der Waals surface area contributed by atoms with Crippen LogP contribution in [0.4, 0.5) is 0 Å². The normalized spacial score (nSPS) is 34.4. The SMILES string of the molecule is Cc1ccc(-c2nnc([C@H](C)SC34CC5CC(CC(C5)C3)C4)o2)cc1. The van der Waals surface area contributed by atoms with Crippen LogP contribution >= 0.6 is 11.8 Å². The average Bonchev–Trinajstić information content (AvgIpc) is 3.04. The summed E-state index contributed by atoms with van der Waals surface area (Å²) >= 11 is 2.12. The van der Waals surface area contributed by atoms with Crippen molar-refractivity contribution in [3.05, 3.63) is 35.7 Å². The predicted octanol–water partition coefficient (Wildman–Crippen LogP) is 5.81. The van der Waals surface area contributed by atoms with Gasteiger partial charge in [0.2, 0.25) is 11.8 Å². The Labute approximate surface area is 154 Å². The first kappa shape index (κ1) is 15.9. The average molecular weight is 355 g/mol. The monoisotopic (exact) mass is 354 g/mol. The highest BCUT2D eigenvalue weighted by atomic mass is 32.2. The van der Waals surface area contributed by atoms with Crippen LogP contribution in [0.1, 0.15) is 62.2 Å². The molecule has 1 aromatic carbocycles. The quantitative estimate of drug-likeness (QED) is 0.695. The first-order valence-electron chi connectivity index (χ1n) is 9.67. The van der Waals surface area contributed by atoms with Crippen molar-refractivity contribution in [2.75, 3.05) is 0 Å². The highest BCUT2D eigenvalue weighted by Gasteiger charge is 2.52. The summed E-state index contributed by atoms with van der Waals surface area (Å²) in [6, 6.07) is 8.30. The largest absolute Gasteiger partial charge is 0.420 e. The number of hydrogen-bond donors (Lipinski definition) is 0. The highest BCUT2D eigenvalue weighted by molar-refractivity contribution is 8.00. The molecular formula is C21H26N2OS. The van der Waals surface area contributed by atoms with Gasteiger partial charge in [-0.1, -0.05) is 17.7 Å². The Balaban J connectivity index is 1.33. The van der Waals surface area contributed by atoms with Gasteiger partial charge in [0, 0.05) is 10.3 Å². The van der Waals surface area contributed by atoms with Gasteiger partial charge >= 0.3 is 0 Å². The lowest BCUT2D eigenvalue weighted by molar-refractivity contribution is 0.0380. The second kappa shape index (κ2) is 5.87.